The van der Waals surface area contributed by atoms with E-state index < -0.39 is 35.2 Å². The number of aromatic nitrogens is 1. The van der Waals surface area contributed by atoms with E-state index >= 15 is 0 Å². The van der Waals surface area contributed by atoms with E-state index in [2.05, 4.69) is 0 Å². The highest BCUT2D eigenvalue weighted by Gasteiger charge is 2.20. The molecule has 138 valence electrons. The highest BCUT2D eigenvalue weighted by Crippen LogP contribution is 2.30. The van der Waals surface area contributed by atoms with Gasteiger partial charge in [-0.3, -0.25) is 9.59 Å². The van der Waals surface area contributed by atoms with Crippen LogP contribution in [0.25, 0.3) is 11.1 Å². The van der Waals surface area contributed by atoms with E-state index in [1.807, 2.05) is 0 Å². The van der Waals surface area contributed by atoms with Crippen molar-refractivity contribution in [3.8, 4) is 11.1 Å². The van der Waals surface area contributed by atoms with Crippen molar-refractivity contribution >= 4 is 35.1 Å². The van der Waals surface area contributed by atoms with Gasteiger partial charge in [0.2, 0.25) is 0 Å². The van der Waals surface area contributed by atoms with Gasteiger partial charge in [-0.05, 0) is 45.0 Å². The zero-order valence-corrected chi connectivity index (χ0v) is 15.9. The van der Waals surface area contributed by atoms with Gasteiger partial charge in [-0.2, -0.15) is 0 Å². The van der Waals surface area contributed by atoms with Crippen molar-refractivity contribution in [2.75, 3.05) is 0 Å². The highest BCUT2D eigenvalue weighted by atomic mass is 35.5. The minimum atomic E-state index is -1.41. The summed E-state index contributed by atoms with van der Waals surface area (Å²) >= 11 is 12.1. The SMILES string of the molecule is CC(C)(C)OC(=O)Cn1cc(-c2cc(Cl)ccc2Cl)cc(C(=O)O)c1=O. The average Bonchev–Trinajstić information content (AvgIpc) is 2.49. The van der Waals surface area contributed by atoms with E-state index in [-0.39, 0.29) is 0 Å². The maximum absolute atomic E-state index is 12.4. The number of nitrogens with zero attached hydrogens (tertiary/aromatic N) is 1. The zero-order valence-electron chi connectivity index (χ0n) is 14.4. The number of carboxylic acids is 1. The van der Waals surface area contributed by atoms with Gasteiger partial charge in [0, 0.05) is 27.4 Å². The first-order valence-corrected chi connectivity index (χ1v) is 8.38. The molecular formula is C18H17Cl2NO5. The van der Waals surface area contributed by atoms with Gasteiger partial charge >= 0.3 is 11.9 Å². The summed E-state index contributed by atoms with van der Waals surface area (Å²) in [5.41, 5.74) is -1.24. The number of carbonyl (C=O) groups excluding carboxylic acids is 1. The molecule has 0 bridgehead atoms. The summed E-state index contributed by atoms with van der Waals surface area (Å²) in [7, 11) is 0. The van der Waals surface area contributed by atoms with Crippen LogP contribution in [-0.2, 0) is 16.1 Å². The van der Waals surface area contributed by atoms with Crippen molar-refractivity contribution in [2.24, 2.45) is 0 Å². The van der Waals surface area contributed by atoms with Crippen molar-refractivity contribution in [1.29, 1.82) is 0 Å². The lowest BCUT2D eigenvalue weighted by Gasteiger charge is -2.20. The Morgan fingerprint density at radius 2 is 1.85 bits per heavy atom. The second kappa shape index (κ2) is 7.51. The van der Waals surface area contributed by atoms with Crippen LogP contribution in [0.4, 0.5) is 0 Å². The largest absolute Gasteiger partial charge is 0.477 e. The molecule has 1 heterocycles. The van der Waals surface area contributed by atoms with Crippen molar-refractivity contribution in [3.05, 3.63) is 56.4 Å². The van der Waals surface area contributed by atoms with E-state index in [4.69, 9.17) is 27.9 Å². The van der Waals surface area contributed by atoms with Gasteiger partial charge in [0.15, 0.2) is 0 Å². The molecule has 0 saturated carbocycles. The Bertz CT molecular complexity index is 928. The predicted molar refractivity (Wildman–Crippen MR) is 99.0 cm³/mol. The van der Waals surface area contributed by atoms with Crippen LogP contribution in [0.3, 0.4) is 0 Å². The number of halogens is 2. The lowest BCUT2D eigenvalue weighted by atomic mass is 10.1. The number of pyridine rings is 1. The van der Waals surface area contributed by atoms with Crippen LogP contribution in [0.5, 0.6) is 0 Å². The molecule has 2 aromatic rings. The van der Waals surface area contributed by atoms with Crippen molar-refractivity contribution in [2.45, 2.75) is 32.9 Å². The number of ether oxygens (including phenoxy) is 1. The van der Waals surface area contributed by atoms with Gasteiger partial charge in [0.25, 0.3) is 5.56 Å². The minimum Gasteiger partial charge on any atom is -0.477 e. The quantitative estimate of drug-likeness (QED) is 0.791. The maximum atomic E-state index is 12.4. The minimum absolute atomic E-state index is 0.327. The van der Waals surface area contributed by atoms with Crippen LogP contribution >= 0.6 is 23.2 Å². The Kier molecular flexibility index (Phi) is 5.78. The molecule has 0 radical (unpaired) electrons. The monoisotopic (exact) mass is 397 g/mol. The number of hydrogen-bond donors (Lipinski definition) is 1. The van der Waals surface area contributed by atoms with Gasteiger partial charge in [-0.25, -0.2) is 4.79 Å². The Morgan fingerprint density at radius 1 is 1.19 bits per heavy atom. The average molecular weight is 398 g/mol. The highest BCUT2D eigenvalue weighted by molar-refractivity contribution is 6.35. The fourth-order valence-electron chi connectivity index (χ4n) is 2.29. The van der Waals surface area contributed by atoms with Crippen LogP contribution < -0.4 is 5.56 Å². The molecule has 0 saturated heterocycles. The summed E-state index contributed by atoms with van der Waals surface area (Å²) in [6.45, 7) is 4.65. The maximum Gasteiger partial charge on any atom is 0.341 e. The second-order valence-electron chi connectivity index (χ2n) is 6.59. The van der Waals surface area contributed by atoms with Gasteiger partial charge < -0.3 is 14.4 Å². The van der Waals surface area contributed by atoms with E-state index in [1.54, 1.807) is 39.0 Å². The fourth-order valence-corrected chi connectivity index (χ4v) is 2.68. The first-order valence-electron chi connectivity index (χ1n) is 7.63. The molecule has 0 spiro atoms. The van der Waals surface area contributed by atoms with E-state index in [0.717, 1.165) is 4.57 Å². The zero-order chi connectivity index (χ0) is 19.6. The summed E-state index contributed by atoms with van der Waals surface area (Å²) in [5, 5.41) is 10.0. The molecule has 0 atom stereocenters. The molecule has 8 heteroatoms. The van der Waals surface area contributed by atoms with E-state index in [1.165, 1.54) is 12.3 Å². The number of aromatic carboxylic acids is 1. The van der Waals surface area contributed by atoms with E-state index in [9.17, 15) is 19.5 Å². The number of rotatable bonds is 4. The molecule has 0 aliphatic carbocycles. The van der Waals surface area contributed by atoms with Crippen molar-refractivity contribution in [3.63, 3.8) is 0 Å². The molecule has 0 aliphatic rings. The summed E-state index contributed by atoms with van der Waals surface area (Å²) in [5.74, 6) is -2.07. The third kappa shape index (κ3) is 4.86. The molecule has 1 aromatic heterocycles. The number of esters is 1. The third-order valence-corrected chi connectivity index (χ3v) is 3.84. The van der Waals surface area contributed by atoms with Gasteiger partial charge in [0.05, 0.1) is 0 Å². The Hall–Kier alpha value is -2.31. The molecule has 6 nitrogen and oxygen atoms in total. The summed E-state index contributed by atoms with van der Waals surface area (Å²) in [4.78, 5) is 35.9. The smallest absolute Gasteiger partial charge is 0.341 e. The number of carboxylic acid groups (broad SMARTS) is 1. The van der Waals surface area contributed by atoms with Gasteiger partial charge in [-0.1, -0.05) is 23.2 Å². The molecule has 0 unspecified atom stereocenters. The molecule has 1 N–H and O–H groups in total. The van der Waals surface area contributed by atoms with Gasteiger partial charge in [-0.15, -0.1) is 0 Å². The second-order valence-corrected chi connectivity index (χ2v) is 7.43. The molecule has 0 aliphatic heterocycles. The lowest BCUT2D eigenvalue weighted by Crippen LogP contribution is -2.32. The topological polar surface area (TPSA) is 85.6 Å². The fraction of sp³-hybridized carbons (Fsp3) is 0.278. The summed E-state index contributed by atoms with van der Waals surface area (Å²) in [6.07, 6.45) is 1.36. The van der Waals surface area contributed by atoms with Gasteiger partial charge in [0.1, 0.15) is 17.7 Å². The Balaban J connectivity index is 2.57. The van der Waals surface area contributed by atoms with Crippen LogP contribution in [0.2, 0.25) is 10.0 Å². The molecule has 0 amide bonds. The lowest BCUT2D eigenvalue weighted by molar-refractivity contribution is -0.155. The molecule has 2 rings (SSSR count). The Labute approximate surface area is 159 Å². The molecule has 1 aromatic carbocycles. The summed E-state index contributed by atoms with van der Waals surface area (Å²) in [6, 6.07) is 5.89. The standard InChI is InChI=1S/C18H17Cl2NO5/c1-18(2,3)26-15(22)9-21-8-10(6-13(16(21)23)17(24)25)12-7-11(19)4-5-14(12)20/h4-8H,9H2,1-3H3,(H,24,25). The third-order valence-electron chi connectivity index (χ3n) is 3.28. The molecular weight excluding hydrogens is 381 g/mol. The summed E-state index contributed by atoms with van der Waals surface area (Å²) < 4.78 is 6.18. The first kappa shape index (κ1) is 20.0. The van der Waals surface area contributed by atoms with Crippen molar-refractivity contribution < 1.29 is 19.4 Å². The van der Waals surface area contributed by atoms with Crippen molar-refractivity contribution in [1.82, 2.24) is 4.57 Å². The number of carbonyl (C=O) groups is 2. The first-order chi connectivity index (χ1) is 12.0. The van der Waals surface area contributed by atoms with Crippen LogP contribution in [-0.4, -0.2) is 27.2 Å². The predicted octanol–water partition coefficient (Wildman–Crippen LogP) is 3.86. The molecule has 0 fully saturated rings. The van der Waals surface area contributed by atoms with E-state index in [0.29, 0.717) is 21.2 Å². The molecule has 26 heavy (non-hydrogen) atoms. The number of benzene rings is 1. The van der Waals surface area contributed by atoms with Crippen LogP contribution in [0.15, 0.2) is 35.3 Å². The number of hydrogen-bond acceptors (Lipinski definition) is 4. The van der Waals surface area contributed by atoms with Crippen LogP contribution in [0, 0.1) is 0 Å². The van der Waals surface area contributed by atoms with Crippen LogP contribution in [0.1, 0.15) is 31.1 Å². The normalized spacial score (nSPS) is 11.3. The Morgan fingerprint density at radius 3 is 2.42 bits per heavy atom.